The van der Waals surface area contributed by atoms with Gasteiger partial charge in [0.1, 0.15) is 5.60 Å². The van der Waals surface area contributed by atoms with Crippen LogP contribution in [-0.2, 0) is 10.3 Å². The Morgan fingerprint density at radius 1 is 1.22 bits per heavy atom. The molecule has 2 aromatic carbocycles. The highest BCUT2D eigenvalue weighted by atomic mass is 35.5. The summed E-state index contributed by atoms with van der Waals surface area (Å²) in [5, 5.41) is 11.7. The minimum Gasteiger partial charge on any atom is -0.449 e. The fourth-order valence-electron chi connectivity index (χ4n) is 4.43. The third-order valence-corrected chi connectivity index (χ3v) is 7.06. The number of pyridine rings is 1. The number of fused-ring (bicyclic) bond motifs is 1. The van der Waals surface area contributed by atoms with Crippen LogP contribution in [0.1, 0.15) is 43.1 Å². The number of ether oxygens (including phenoxy) is 1. The molecule has 2 amide bonds. The van der Waals surface area contributed by atoms with Crippen LogP contribution in [0, 0.1) is 0 Å². The van der Waals surface area contributed by atoms with Crippen molar-refractivity contribution in [1.29, 1.82) is 0 Å². The number of hydrogen-bond donors (Lipinski definition) is 1. The van der Waals surface area contributed by atoms with Crippen LogP contribution in [0.5, 0.6) is 0 Å². The molecule has 4 rings (SSSR count). The molecule has 2 heterocycles. The molecule has 1 aromatic heterocycles. The van der Waals surface area contributed by atoms with E-state index in [9.17, 15) is 14.7 Å². The molecule has 7 nitrogen and oxygen atoms in total. The molecule has 1 fully saturated rings. The number of benzene rings is 2. The van der Waals surface area contributed by atoms with Crippen LogP contribution in [0.25, 0.3) is 22.2 Å². The second kappa shape index (κ2) is 10.9. The summed E-state index contributed by atoms with van der Waals surface area (Å²) in [6, 6.07) is 14.4. The average molecular weight is 522 g/mol. The summed E-state index contributed by atoms with van der Waals surface area (Å²) in [6.07, 6.45) is 1.92. The molecule has 37 heavy (non-hydrogen) atoms. The fourth-order valence-corrected chi connectivity index (χ4v) is 4.69. The van der Waals surface area contributed by atoms with Crippen LogP contribution in [0.4, 0.5) is 4.79 Å². The van der Waals surface area contributed by atoms with Crippen molar-refractivity contribution in [2.75, 3.05) is 26.2 Å². The van der Waals surface area contributed by atoms with Crippen molar-refractivity contribution >= 4 is 34.5 Å². The molecule has 3 aromatic rings. The van der Waals surface area contributed by atoms with Gasteiger partial charge in [-0.05, 0) is 44.0 Å². The normalized spacial score (nSPS) is 17.4. The summed E-state index contributed by atoms with van der Waals surface area (Å²) in [5.41, 5.74) is 2.23. The van der Waals surface area contributed by atoms with E-state index in [1.54, 1.807) is 34.9 Å². The molecular weight excluding hydrogens is 490 g/mol. The predicted octanol–water partition coefficient (Wildman–Crippen LogP) is 5.64. The van der Waals surface area contributed by atoms with Crippen LogP contribution in [-0.4, -0.2) is 64.2 Å². The minimum atomic E-state index is -1.12. The van der Waals surface area contributed by atoms with Gasteiger partial charge in [0.25, 0.3) is 5.91 Å². The summed E-state index contributed by atoms with van der Waals surface area (Å²) in [6.45, 7) is 10.9. The highest BCUT2D eigenvalue weighted by Crippen LogP contribution is 2.31. The second-order valence-corrected chi connectivity index (χ2v) is 9.97. The van der Waals surface area contributed by atoms with Crippen LogP contribution >= 0.6 is 11.6 Å². The Hall–Kier alpha value is -3.42. The molecule has 8 heteroatoms. The number of carbonyl (C=O) groups is 2. The number of piperazine rings is 1. The van der Waals surface area contributed by atoms with Crippen LogP contribution in [0.15, 0.2) is 61.2 Å². The van der Waals surface area contributed by atoms with E-state index in [2.05, 4.69) is 6.58 Å². The molecule has 0 aliphatic carbocycles. The first-order valence-corrected chi connectivity index (χ1v) is 12.8. The fraction of sp³-hybridized carbons (Fsp3) is 0.345. The topological polar surface area (TPSA) is 83.0 Å². The third kappa shape index (κ3) is 5.63. The van der Waals surface area contributed by atoms with Crippen molar-refractivity contribution in [2.45, 2.75) is 38.8 Å². The van der Waals surface area contributed by atoms with Crippen LogP contribution < -0.4 is 0 Å². The van der Waals surface area contributed by atoms with Crippen molar-refractivity contribution in [2.24, 2.45) is 0 Å². The SMILES string of the molecule is C=CC(C)(O)c1ccc(-c2cc(Cl)c3ccc(C(=O)N4CCN(C(=O)OCCC)C(C)C4)cc3n2)cc1. The van der Waals surface area contributed by atoms with E-state index in [1.165, 1.54) is 6.08 Å². The zero-order valence-corrected chi connectivity index (χ0v) is 22.2. The summed E-state index contributed by atoms with van der Waals surface area (Å²) in [4.78, 5) is 33.8. The smallest absolute Gasteiger partial charge is 0.410 e. The number of nitrogens with zero attached hydrogens (tertiary/aromatic N) is 3. The minimum absolute atomic E-state index is 0.116. The van der Waals surface area contributed by atoms with E-state index in [0.29, 0.717) is 48.0 Å². The number of amides is 2. The molecule has 1 N–H and O–H groups in total. The maximum Gasteiger partial charge on any atom is 0.410 e. The van der Waals surface area contributed by atoms with Crippen LogP contribution in [0.3, 0.4) is 0 Å². The Bertz CT molecular complexity index is 1320. The molecule has 2 atom stereocenters. The Balaban J connectivity index is 1.56. The zero-order chi connectivity index (χ0) is 26.7. The summed E-state index contributed by atoms with van der Waals surface area (Å²) < 4.78 is 5.26. The molecule has 1 aliphatic rings. The van der Waals surface area contributed by atoms with Gasteiger partial charge in [0.05, 0.1) is 22.8 Å². The number of hydrogen-bond acceptors (Lipinski definition) is 5. The highest BCUT2D eigenvalue weighted by molar-refractivity contribution is 6.35. The van der Waals surface area contributed by atoms with Gasteiger partial charge in [0.15, 0.2) is 0 Å². The van der Waals surface area contributed by atoms with Gasteiger partial charge < -0.3 is 19.6 Å². The van der Waals surface area contributed by atoms with Gasteiger partial charge in [-0.25, -0.2) is 9.78 Å². The van der Waals surface area contributed by atoms with Crippen molar-refractivity contribution in [1.82, 2.24) is 14.8 Å². The van der Waals surface area contributed by atoms with Crippen molar-refractivity contribution < 1.29 is 19.4 Å². The maximum atomic E-state index is 13.3. The molecule has 194 valence electrons. The second-order valence-electron chi connectivity index (χ2n) is 9.56. The van der Waals surface area contributed by atoms with Gasteiger partial charge in [-0.2, -0.15) is 0 Å². The number of carbonyl (C=O) groups excluding carboxylic acids is 2. The van der Waals surface area contributed by atoms with E-state index in [-0.39, 0.29) is 18.0 Å². The van der Waals surface area contributed by atoms with Gasteiger partial charge >= 0.3 is 6.09 Å². The largest absolute Gasteiger partial charge is 0.449 e. The third-order valence-electron chi connectivity index (χ3n) is 6.75. The van der Waals surface area contributed by atoms with Crippen LogP contribution in [0.2, 0.25) is 5.02 Å². The number of aliphatic hydroxyl groups is 1. The lowest BCUT2D eigenvalue weighted by molar-refractivity contribution is 0.0412. The van der Waals surface area contributed by atoms with E-state index in [0.717, 1.165) is 22.9 Å². The molecule has 0 bridgehead atoms. The van der Waals surface area contributed by atoms with Gasteiger partial charge in [-0.1, -0.05) is 61.5 Å². The molecule has 1 aliphatic heterocycles. The van der Waals surface area contributed by atoms with Gasteiger partial charge in [-0.15, -0.1) is 0 Å². The Kier molecular flexibility index (Phi) is 7.85. The van der Waals surface area contributed by atoms with Crippen molar-refractivity contribution in [3.05, 3.63) is 77.3 Å². The molecular formula is C29H32ClN3O4. The highest BCUT2D eigenvalue weighted by Gasteiger charge is 2.31. The Morgan fingerprint density at radius 2 is 1.95 bits per heavy atom. The molecule has 0 spiro atoms. The lowest BCUT2D eigenvalue weighted by atomic mass is 9.95. The zero-order valence-electron chi connectivity index (χ0n) is 21.4. The molecule has 1 saturated heterocycles. The number of halogens is 1. The standard InChI is InChI=1S/C29H32ClN3O4/c1-5-15-37-28(35)33-14-13-32(18-19(33)3)27(34)21-9-12-23-24(30)17-25(31-26(23)16-21)20-7-10-22(11-8-20)29(4,36)6-2/h6-12,16-17,19,36H,2,5,13-15,18H2,1,3-4H3. The lowest BCUT2D eigenvalue weighted by Crippen LogP contribution is -2.55. The Morgan fingerprint density at radius 3 is 2.59 bits per heavy atom. The summed E-state index contributed by atoms with van der Waals surface area (Å²) >= 11 is 6.58. The van der Waals surface area contributed by atoms with Gasteiger partial charge in [0.2, 0.25) is 0 Å². The Labute approximate surface area is 222 Å². The van der Waals surface area contributed by atoms with Crippen molar-refractivity contribution in [3.8, 4) is 11.3 Å². The predicted molar refractivity (Wildman–Crippen MR) is 146 cm³/mol. The first-order valence-electron chi connectivity index (χ1n) is 12.4. The summed E-state index contributed by atoms with van der Waals surface area (Å²) in [5.74, 6) is -0.116. The first kappa shape index (κ1) is 26.6. The quantitative estimate of drug-likeness (QED) is 0.424. The molecule has 0 saturated carbocycles. The van der Waals surface area contributed by atoms with E-state index < -0.39 is 5.60 Å². The average Bonchev–Trinajstić information content (AvgIpc) is 2.90. The first-order chi connectivity index (χ1) is 17.6. The summed E-state index contributed by atoms with van der Waals surface area (Å²) in [7, 11) is 0. The number of rotatable bonds is 6. The van der Waals surface area contributed by atoms with E-state index in [1.807, 2.05) is 44.2 Å². The monoisotopic (exact) mass is 521 g/mol. The van der Waals surface area contributed by atoms with Gasteiger partial charge in [0, 0.05) is 42.2 Å². The molecule has 0 radical (unpaired) electrons. The van der Waals surface area contributed by atoms with Crippen molar-refractivity contribution in [3.63, 3.8) is 0 Å². The number of aromatic nitrogens is 1. The maximum absolute atomic E-state index is 13.3. The van der Waals surface area contributed by atoms with Gasteiger partial charge in [-0.3, -0.25) is 4.79 Å². The lowest BCUT2D eigenvalue weighted by Gasteiger charge is -2.39. The molecule has 2 unspecified atom stereocenters. The van der Waals surface area contributed by atoms with E-state index in [4.69, 9.17) is 21.3 Å². The van der Waals surface area contributed by atoms with E-state index >= 15 is 0 Å².